The molecule has 3 rings (SSSR count). The molecular formula is C16H20N4O. The van der Waals surface area contributed by atoms with Crippen molar-refractivity contribution in [2.75, 3.05) is 6.54 Å². The maximum atomic E-state index is 12.5. The first kappa shape index (κ1) is 13.8. The summed E-state index contributed by atoms with van der Waals surface area (Å²) in [5, 5.41) is 3.97. The highest BCUT2D eigenvalue weighted by Crippen LogP contribution is 2.24. The molecule has 0 saturated carbocycles. The summed E-state index contributed by atoms with van der Waals surface area (Å²) >= 11 is 0. The number of aromatic nitrogens is 3. The van der Waals surface area contributed by atoms with Crippen LogP contribution in [0.25, 0.3) is 0 Å². The van der Waals surface area contributed by atoms with Gasteiger partial charge in [0.15, 0.2) is 0 Å². The van der Waals surface area contributed by atoms with Gasteiger partial charge in [0, 0.05) is 20.1 Å². The van der Waals surface area contributed by atoms with E-state index in [1.165, 1.54) is 27.7 Å². The molecule has 0 saturated heterocycles. The summed E-state index contributed by atoms with van der Waals surface area (Å²) in [4.78, 5) is 18.4. The molecule has 0 spiro atoms. The SMILES string of the molecule is CC(C)c1ccc2c(c1)CCN(C(=O)c1ncnn1C)C2. The molecule has 1 aromatic heterocycles. The van der Waals surface area contributed by atoms with Gasteiger partial charge in [0.1, 0.15) is 6.33 Å². The predicted octanol–water partition coefficient (Wildman–Crippen LogP) is 2.14. The van der Waals surface area contributed by atoms with Crippen molar-refractivity contribution in [3.05, 3.63) is 47.0 Å². The Balaban J connectivity index is 1.82. The van der Waals surface area contributed by atoms with Crippen LogP contribution in [-0.2, 0) is 20.0 Å². The molecule has 0 unspecified atom stereocenters. The molecule has 5 nitrogen and oxygen atoms in total. The second kappa shape index (κ2) is 5.31. The Kier molecular flexibility index (Phi) is 3.49. The lowest BCUT2D eigenvalue weighted by Crippen LogP contribution is -2.37. The fourth-order valence-corrected chi connectivity index (χ4v) is 2.74. The van der Waals surface area contributed by atoms with Crippen LogP contribution in [-0.4, -0.2) is 32.1 Å². The topological polar surface area (TPSA) is 51.0 Å². The summed E-state index contributed by atoms with van der Waals surface area (Å²) in [7, 11) is 1.74. The smallest absolute Gasteiger partial charge is 0.291 e. The van der Waals surface area contributed by atoms with E-state index in [9.17, 15) is 4.79 Å². The van der Waals surface area contributed by atoms with Crippen molar-refractivity contribution in [2.24, 2.45) is 7.05 Å². The molecule has 1 aliphatic heterocycles. The van der Waals surface area contributed by atoms with Crippen molar-refractivity contribution in [3.8, 4) is 0 Å². The van der Waals surface area contributed by atoms with Crippen LogP contribution < -0.4 is 0 Å². The van der Waals surface area contributed by atoms with Gasteiger partial charge >= 0.3 is 0 Å². The fraction of sp³-hybridized carbons (Fsp3) is 0.438. The van der Waals surface area contributed by atoms with E-state index >= 15 is 0 Å². The third-order valence-electron chi connectivity index (χ3n) is 4.10. The average molecular weight is 284 g/mol. The van der Waals surface area contributed by atoms with Crippen LogP contribution >= 0.6 is 0 Å². The second-order valence-electron chi connectivity index (χ2n) is 5.87. The minimum atomic E-state index is -0.0476. The third-order valence-corrected chi connectivity index (χ3v) is 4.10. The third kappa shape index (κ3) is 2.55. The number of fused-ring (bicyclic) bond motifs is 1. The largest absolute Gasteiger partial charge is 0.331 e. The maximum Gasteiger partial charge on any atom is 0.291 e. The van der Waals surface area contributed by atoms with Crippen LogP contribution in [0.5, 0.6) is 0 Å². The normalized spacial score (nSPS) is 14.4. The van der Waals surface area contributed by atoms with Gasteiger partial charge in [-0.1, -0.05) is 32.0 Å². The zero-order valence-electron chi connectivity index (χ0n) is 12.7. The van der Waals surface area contributed by atoms with E-state index in [0.29, 0.717) is 18.3 Å². The van der Waals surface area contributed by atoms with E-state index in [-0.39, 0.29) is 5.91 Å². The molecule has 1 amide bonds. The lowest BCUT2D eigenvalue weighted by atomic mass is 9.93. The fourth-order valence-electron chi connectivity index (χ4n) is 2.74. The molecule has 0 aliphatic carbocycles. The Bertz CT molecular complexity index is 675. The van der Waals surface area contributed by atoms with E-state index in [4.69, 9.17) is 0 Å². The molecule has 2 aromatic rings. The Labute approximate surface area is 124 Å². The number of carbonyl (C=O) groups is 1. The first-order chi connectivity index (χ1) is 10.1. The highest BCUT2D eigenvalue weighted by Gasteiger charge is 2.24. The van der Waals surface area contributed by atoms with E-state index in [1.54, 1.807) is 7.05 Å². The first-order valence-electron chi connectivity index (χ1n) is 7.31. The van der Waals surface area contributed by atoms with Crippen molar-refractivity contribution >= 4 is 5.91 Å². The number of benzene rings is 1. The lowest BCUT2D eigenvalue weighted by Gasteiger charge is -2.29. The van der Waals surface area contributed by atoms with Crippen LogP contribution in [0, 0.1) is 0 Å². The van der Waals surface area contributed by atoms with Gasteiger partial charge in [0.25, 0.3) is 5.91 Å². The molecule has 5 heteroatoms. The molecule has 1 aliphatic rings. The van der Waals surface area contributed by atoms with Gasteiger partial charge in [0.05, 0.1) is 0 Å². The zero-order valence-corrected chi connectivity index (χ0v) is 12.7. The van der Waals surface area contributed by atoms with Crippen molar-refractivity contribution in [1.82, 2.24) is 19.7 Å². The summed E-state index contributed by atoms with van der Waals surface area (Å²) in [5.74, 6) is 0.888. The predicted molar refractivity (Wildman–Crippen MR) is 80.0 cm³/mol. The molecule has 21 heavy (non-hydrogen) atoms. The van der Waals surface area contributed by atoms with Gasteiger partial charge in [0.2, 0.25) is 5.82 Å². The highest BCUT2D eigenvalue weighted by atomic mass is 16.2. The molecule has 1 aromatic carbocycles. The van der Waals surface area contributed by atoms with Gasteiger partial charge in [-0.2, -0.15) is 5.10 Å². The molecule has 2 heterocycles. The number of rotatable bonds is 2. The standard InChI is InChI=1S/C16H20N4O/c1-11(2)12-4-5-14-9-20(7-6-13(14)8-12)16(21)15-17-10-18-19(15)3/h4-5,8,10-11H,6-7,9H2,1-3H3. The molecule has 0 radical (unpaired) electrons. The van der Waals surface area contributed by atoms with E-state index in [2.05, 4.69) is 42.1 Å². The number of carbonyl (C=O) groups excluding carboxylic acids is 1. The summed E-state index contributed by atoms with van der Waals surface area (Å²) < 4.78 is 1.53. The zero-order chi connectivity index (χ0) is 15.0. The van der Waals surface area contributed by atoms with Crippen molar-refractivity contribution < 1.29 is 4.79 Å². The number of aryl methyl sites for hydroxylation is 1. The van der Waals surface area contributed by atoms with Crippen LogP contribution in [0.1, 0.15) is 47.1 Å². The quantitative estimate of drug-likeness (QED) is 0.849. The molecular weight excluding hydrogens is 264 g/mol. The van der Waals surface area contributed by atoms with Crippen LogP contribution in [0.15, 0.2) is 24.5 Å². The average Bonchev–Trinajstić information content (AvgIpc) is 2.91. The lowest BCUT2D eigenvalue weighted by molar-refractivity contribution is 0.0717. The first-order valence-corrected chi connectivity index (χ1v) is 7.31. The minimum absolute atomic E-state index is 0.0476. The van der Waals surface area contributed by atoms with Crippen LogP contribution in [0.3, 0.4) is 0 Å². The molecule has 0 atom stereocenters. The minimum Gasteiger partial charge on any atom is -0.331 e. The van der Waals surface area contributed by atoms with Crippen LogP contribution in [0.2, 0.25) is 0 Å². The Morgan fingerprint density at radius 2 is 2.10 bits per heavy atom. The number of nitrogens with zero attached hydrogens (tertiary/aromatic N) is 4. The Morgan fingerprint density at radius 1 is 1.29 bits per heavy atom. The molecule has 0 bridgehead atoms. The molecule has 0 N–H and O–H groups in total. The maximum absolute atomic E-state index is 12.5. The van der Waals surface area contributed by atoms with Crippen molar-refractivity contribution in [1.29, 1.82) is 0 Å². The van der Waals surface area contributed by atoms with Crippen molar-refractivity contribution in [3.63, 3.8) is 0 Å². The summed E-state index contributed by atoms with van der Waals surface area (Å²) in [6.07, 6.45) is 2.32. The highest BCUT2D eigenvalue weighted by molar-refractivity contribution is 5.90. The summed E-state index contributed by atoms with van der Waals surface area (Å²) in [6.45, 7) is 5.79. The van der Waals surface area contributed by atoms with Gasteiger partial charge in [-0.15, -0.1) is 0 Å². The van der Waals surface area contributed by atoms with Gasteiger partial charge in [-0.3, -0.25) is 4.79 Å². The summed E-state index contributed by atoms with van der Waals surface area (Å²) in [5.41, 5.74) is 3.96. The Hall–Kier alpha value is -2.17. The Morgan fingerprint density at radius 3 is 2.76 bits per heavy atom. The van der Waals surface area contributed by atoms with E-state index in [0.717, 1.165) is 13.0 Å². The van der Waals surface area contributed by atoms with Gasteiger partial charge in [-0.05, 0) is 29.0 Å². The van der Waals surface area contributed by atoms with Gasteiger partial charge < -0.3 is 4.90 Å². The summed E-state index contributed by atoms with van der Waals surface area (Å²) in [6, 6.07) is 6.60. The number of hydrogen-bond acceptors (Lipinski definition) is 3. The monoisotopic (exact) mass is 284 g/mol. The number of amides is 1. The van der Waals surface area contributed by atoms with Gasteiger partial charge in [-0.25, -0.2) is 9.67 Å². The van der Waals surface area contributed by atoms with Crippen LogP contribution in [0.4, 0.5) is 0 Å². The number of hydrogen-bond donors (Lipinski definition) is 0. The van der Waals surface area contributed by atoms with E-state index in [1.807, 2.05) is 4.90 Å². The second-order valence-corrected chi connectivity index (χ2v) is 5.87. The van der Waals surface area contributed by atoms with Crippen molar-refractivity contribution in [2.45, 2.75) is 32.7 Å². The molecule has 110 valence electrons. The molecule has 0 fully saturated rings. The van der Waals surface area contributed by atoms with E-state index < -0.39 is 0 Å².